The normalized spacial score (nSPS) is 13.7. The summed E-state index contributed by atoms with van der Waals surface area (Å²) in [6, 6.07) is 0. The second-order valence-electron chi connectivity index (χ2n) is 12.7. The van der Waals surface area contributed by atoms with Gasteiger partial charge in [0.15, 0.2) is 11.6 Å². The van der Waals surface area contributed by atoms with E-state index in [9.17, 15) is 19.2 Å². The molecule has 1 rings (SSSR count). The Balaban J connectivity index is 2.93. The van der Waals surface area contributed by atoms with E-state index in [0.29, 0.717) is 35.1 Å². The minimum atomic E-state index is -0.672. The minimum absolute atomic E-state index is 0.000905. The maximum absolute atomic E-state index is 14.0. The van der Waals surface area contributed by atoms with Gasteiger partial charge in [0.05, 0.1) is 13.1 Å². The average Bonchev–Trinajstić information content (AvgIpc) is 2.99. The van der Waals surface area contributed by atoms with Crippen molar-refractivity contribution in [1.29, 1.82) is 0 Å². The van der Waals surface area contributed by atoms with Gasteiger partial charge in [-0.3, -0.25) is 19.2 Å². The zero-order valence-corrected chi connectivity index (χ0v) is 29.8. The number of amides is 2. The van der Waals surface area contributed by atoms with Crippen LogP contribution in [-0.2, 0) is 9.59 Å². The maximum Gasteiger partial charge on any atom is 0.316 e. The van der Waals surface area contributed by atoms with E-state index in [2.05, 4.69) is 13.8 Å². The third-order valence-corrected chi connectivity index (χ3v) is 9.35. The van der Waals surface area contributed by atoms with Gasteiger partial charge in [0.25, 0.3) is 0 Å². The first-order valence-electron chi connectivity index (χ1n) is 17.5. The second-order valence-corrected chi connectivity index (χ2v) is 13.3. The van der Waals surface area contributed by atoms with Crippen molar-refractivity contribution in [1.82, 2.24) is 9.80 Å². The van der Waals surface area contributed by atoms with Crippen molar-refractivity contribution in [3.8, 4) is 0 Å². The first kappa shape index (κ1) is 40.4. The predicted molar refractivity (Wildman–Crippen MR) is 185 cm³/mol. The fourth-order valence-electron chi connectivity index (χ4n) is 5.95. The number of Topliss-reactive ketones (excluding diaryl/α,β-unsaturated/α-hetero) is 2. The van der Waals surface area contributed by atoms with Crippen LogP contribution in [0.25, 0.3) is 0 Å². The topological polar surface area (TPSA) is 74.8 Å². The number of hydrogen-bond acceptors (Lipinski definition) is 4. The quantitative estimate of drug-likeness (QED) is 0.0402. The standard InChI is InChI=1S/C36H60Cl2N2O4/c1-5-7-9-11-13-15-17-19-21-23-25-29-31(27-39(3)35(37)43)34(42)30(32(33(29)41)28-40(4)36(38)44)26-24-22-20-18-16-14-12-10-8-6-2/h5-28H2,1-4H3. The SMILES string of the molecule is CCCCCCCCCCCCC1=C(CN(C)C(=O)Cl)C(=O)C(CCCCCCCCCCCC)=C(CN(C)C(=O)Cl)C1=O. The molecule has 1 aliphatic rings. The summed E-state index contributed by atoms with van der Waals surface area (Å²) in [5.74, 6) is -0.393. The van der Waals surface area contributed by atoms with Crippen molar-refractivity contribution in [2.24, 2.45) is 0 Å². The Bertz CT molecular complexity index is 884. The molecule has 0 saturated carbocycles. The zero-order chi connectivity index (χ0) is 32.7. The van der Waals surface area contributed by atoms with Crippen LogP contribution >= 0.6 is 23.2 Å². The highest BCUT2D eigenvalue weighted by atomic mass is 35.5. The molecule has 2 amide bonds. The van der Waals surface area contributed by atoms with Gasteiger partial charge in [0, 0.05) is 36.4 Å². The van der Waals surface area contributed by atoms with Gasteiger partial charge in [-0.2, -0.15) is 0 Å². The molecule has 252 valence electrons. The summed E-state index contributed by atoms with van der Waals surface area (Å²) in [5, 5.41) is -1.34. The molecule has 0 bridgehead atoms. The Morgan fingerprint density at radius 3 is 0.955 bits per heavy atom. The fourth-order valence-corrected chi connectivity index (χ4v) is 6.07. The number of allylic oxidation sites excluding steroid dienone is 2. The summed E-state index contributed by atoms with van der Waals surface area (Å²) >= 11 is 11.5. The molecule has 0 aromatic carbocycles. The van der Waals surface area contributed by atoms with E-state index in [0.717, 1.165) is 38.5 Å². The molecular weight excluding hydrogens is 595 g/mol. The number of unbranched alkanes of at least 4 members (excludes halogenated alkanes) is 18. The molecule has 0 aliphatic heterocycles. The van der Waals surface area contributed by atoms with Crippen LogP contribution in [0.1, 0.15) is 155 Å². The van der Waals surface area contributed by atoms with Gasteiger partial charge in [0.2, 0.25) is 0 Å². The van der Waals surface area contributed by atoms with Crippen LogP contribution in [0.5, 0.6) is 0 Å². The number of nitrogens with zero attached hydrogens (tertiary/aromatic N) is 2. The monoisotopic (exact) mass is 654 g/mol. The van der Waals surface area contributed by atoms with Gasteiger partial charge in [-0.25, -0.2) is 0 Å². The van der Waals surface area contributed by atoms with E-state index in [-0.39, 0.29) is 24.7 Å². The molecule has 0 spiro atoms. The Hall–Kier alpha value is -1.66. The van der Waals surface area contributed by atoms with Crippen molar-refractivity contribution in [3.63, 3.8) is 0 Å². The van der Waals surface area contributed by atoms with E-state index >= 15 is 0 Å². The number of carbonyl (C=O) groups is 4. The van der Waals surface area contributed by atoms with Crippen LogP contribution in [0.3, 0.4) is 0 Å². The van der Waals surface area contributed by atoms with Gasteiger partial charge >= 0.3 is 10.7 Å². The summed E-state index contributed by atoms with van der Waals surface area (Å²) in [5.41, 5.74) is 1.65. The third kappa shape index (κ3) is 16.1. The predicted octanol–water partition coefficient (Wildman–Crippen LogP) is 10.9. The average molecular weight is 656 g/mol. The molecule has 0 aromatic rings. The van der Waals surface area contributed by atoms with Crippen molar-refractivity contribution in [3.05, 3.63) is 22.3 Å². The molecule has 0 heterocycles. The lowest BCUT2D eigenvalue weighted by atomic mass is 9.79. The Morgan fingerprint density at radius 1 is 0.455 bits per heavy atom. The molecule has 0 saturated heterocycles. The van der Waals surface area contributed by atoms with Crippen LogP contribution < -0.4 is 0 Å². The highest BCUT2D eigenvalue weighted by Crippen LogP contribution is 2.32. The first-order chi connectivity index (χ1) is 21.1. The molecule has 44 heavy (non-hydrogen) atoms. The Kier molecular flexibility index (Phi) is 22.5. The molecule has 0 unspecified atom stereocenters. The van der Waals surface area contributed by atoms with E-state index < -0.39 is 10.7 Å². The number of carbonyl (C=O) groups excluding carboxylic acids is 4. The smallest absolute Gasteiger partial charge is 0.316 e. The Labute approximate surface area is 278 Å². The maximum atomic E-state index is 14.0. The first-order valence-corrected chi connectivity index (χ1v) is 18.3. The van der Waals surface area contributed by atoms with Gasteiger partial charge in [-0.05, 0) is 48.9 Å². The number of halogens is 2. The van der Waals surface area contributed by atoms with Gasteiger partial charge in [-0.1, -0.05) is 129 Å². The van der Waals surface area contributed by atoms with Crippen LogP contribution in [0.15, 0.2) is 22.3 Å². The van der Waals surface area contributed by atoms with Crippen molar-refractivity contribution >= 4 is 45.5 Å². The summed E-state index contributed by atoms with van der Waals surface area (Å²) in [6.07, 6.45) is 24.3. The molecule has 6 nitrogen and oxygen atoms in total. The van der Waals surface area contributed by atoms with Crippen molar-refractivity contribution < 1.29 is 19.2 Å². The van der Waals surface area contributed by atoms with Crippen LogP contribution in [0.4, 0.5) is 9.59 Å². The molecule has 8 heteroatoms. The van der Waals surface area contributed by atoms with Gasteiger partial charge in [-0.15, -0.1) is 0 Å². The Morgan fingerprint density at radius 2 is 0.705 bits per heavy atom. The lowest BCUT2D eigenvalue weighted by Gasteiger charge is -2.28. The van der Waals surface area contributed by atoms with E-state index in [4.69, 9.17) is 23.2 Å². The molecule has 0 radical (unpaired) electrons. The molecule has 0 fully saturated rings. The minimum Gasteiger partial charge on any atom is -0.328 e. The van der Waals surface area contributed by atoms with Crippen LogP contribution in [0, 0.1) is 0 Å². The van der Waals surface area contributed by atoms with Crippen LogP contribution in [0.2, 0.25) is 0 Å². The van der Waals surface area contributed by atoms with Crippen LogP contribution in [-0.4, -0.2) is 59.3 Å². The number of likely N-dealkylation sites (N-methyl/N-ethyl adjacent to an activating group) is 2. The molecule has 0 N–H and O–H groups in total. The fraction of sp³-hybridized carbons (Fsp3) is 0.778. The number of rotatable bonds is 26. The largest absolute Gasteiger partial charge is 0.328 e. The summed E-state index contributed by atoms with van der Waals surface area (Å²) < 4.78 is 0. The van der Waals surface area contributed by atoms with Gasteiger partial charge in [0.1, 0.15) is 0 Å². The molecule has 0 aromatic heterocycles. The summed E-state index contributed by atoms with van der Waals surface area (Å²) in [4.78, 5) is 54.3. The zero-order valence-electron chi connectivity index (χ0n) is 28.3. The van der Waals surface area contributed by atoms with E-state index in [1.807, 2.05) is 0 Å². The number of ketones is 2. The number of hydrogen-bond donors (Lipinski definition) is 0. The molecular formula is C36H60Cl2N2O4. The molecule has 1 aliphatic carbocycles. The van der Waals surface area contributed by atoms with Crippen molar-refractivity contribution in [2.45, 2.75) is 155 Å². The van der Waals surface area contributed by atoms with Gasteiger partial charge < -0.3 is 9.80 Å². The highest BCUT2D eigenvalue weighted by Gasteiger charge is 2.35. The van der Waals surface area contributed by atoms with E-state index in [1.165, 1.54) is 99.7 Å². The lowest BCUT2D eigenvalue weighted by molar-refractivity contribution is -0.117. The molecule has 0 atom stereocenters. The van der Waals surface area contributed by atoms with Crippen molar-refractivity contribution in [2.75, 3.05) is 27.2 Å². The highest BCUT2D eigenvalue weighted by molar-refractivity contribution is 6.63. The van der Waals surface area contributed by atoms with E-state index in [1.54, 1.807) is 14.1 Å². The second kappa shape index (κ2) is 24.6. The summed E-state index contributed by atoms with van der Waals surface area (Å²) in [6.45, 7) is 4.45. The third-order valence-electron chi connectivity index (χ3n) is 8.78. The lowest BCUT2D eigenvalue weighted by Crippen LogP contribution is -2.36. The summed E-state index contributed by atoms with van der Waals surface area (Å²) in [7, 11) is 3.08.